The first-order valence-electron chi connectivity index (χ1n) is 9.09. The molecule has 0 aliphatic heterocycles. The number of amides is 1. The number of benzene rings is 3. The van der Waals surface area contributed by atoms with Gasteiger partial charge in [0.25, 0.3) is 5.91 Å². The van der Waals surface area contributed by atoms with Gasteiger partial charge in [-0.1, -0.05) is 41.9 Å². The van der Waals surface area contributed by atoms with Crippen LogP contribution in [0.4, 0.5) is 5.69 Å². The molecule has 2 N–H and O–H groups in total. The number of sulfonamides is 1. The summed E-state index contributed by atoms with van der Waals surface area (Å²) in [7, 11) is -0.908. The molecule has 156 valence electrons. The molecule has 0 saturated carbocycles. The molecule has 6 nitrogen and oxygen atoms in total. The van der Waals surface area contributed by atoms with Gasteiger partial charge in [0.1, 0.15) is 10.6 Å². The third-order valence-electron chi connectivity index (χ3n) is 4.53. The highest BCUT2D eigenvalue weighted by atomic mass is 35.5. The van der Waals surface area contributed by atoms with Crippen molar-refractivity contribution < 1.29 is 17.9 Å². The van der Waals surface area contributed by atoms with E-state index in [-0.39, 0.29) is 15.5 Å². The fourth-order valence-corrected chi connectivity index (χ4v) is 4.22. The summed E-state index contributed by atoms with van der Waals surface area (Å²) >= 11 is 5.99. The maximum Gasteiger partial charge on any atom is 0.255 e. The van der Waals surface area contributed by atoms with Gasteiger partial charge in [-0.2, -0.15) is 0 Å². The minimum Gasteiger partial charge on any atom is -0.496 e. The van der Waals surface area contributed by atoms with E-state index in [0.29, 0.717) is 17.9 Å². The molecule has 0 spiro atoms. The number of carbonyl (C=O) groups excluding carboxylic acids is 1. The molecule has 0 aliphatic rings. The van der Waals surface area contributed by atoms with Crippen LogP contribution >= 0.6 is 11.6 Å². The Hall–Kier alpha value is -2.87. The molecule has 0 aliphatic carbocycles. The van der Waals surface area contributed by atoms with Gasteiger partial charge in [0.05, 0.1) is 12.1 Å². The molecule has 3 rings (SSSR count). The Bertz CT molecular complexity index is 1170. The smallest absolute Gasteiger partial charge is 0.255 e. The molecule has 0 bridgehead atoms. The predicted octanol–water partition coefficient (Wildman–Crippen LogP) is 4.10. The number of rotatable bonds is 7. The number of anilines is 1. The molecule has 0 saturated heterocycles. The lowest BCUT2D eigenvalue weighted by atomic mass is 10.0. The number of halogens is 1. The second-order valence-electron chi connectivity index (χ2n) is 6.50. The van der Waals surface area contributed by atoms with Crippen molar-refractivity contribution in [3.63, 3.8) is 0 Å². The van der Waals surface area contributed by atoms with Crippen molar-refractivity contribution in [1.82, 2.24) is 4.72 Å². The topological polar surface area (TPSA) is 84.5 Å². The van der Waals surface area contributed by atoms with E-state index in [9.17, 15) is 13.2 Å². The van der Waals surface area contributed by atoms with Crippen LogP contribution in [-0.2, 0) is 16.4 Å². The van der Waals surface area contributed by atoms with Crippen molar-refractivity contribution >= 4 is 33.2 Å². The van der Waals surface area contributed by atoms with Crippen molar-refractivity contribution in [3.8, 4) is 5.75 Å². The zero-order chi connectivity index (χ0) is 21.7. The van der Waals surface area contributed by atoms with Gasteiger partial charge in [-0.3, -0.25) is 4.79 Å². The Morgan fingerprint density at radius 2 is 1.77 bits per heavy atom. The number of methoxy groups -OCH3 is 1. The van der Waals surface area contributed by atoms with Crippen LogP contribution in [0.3, 0.4) is 0 Å². The molecule has 8 heteroatoms. The molecular weight excluding hydrogens is 424 g/mol. The first-order valence-corrected chi connectivity index (χ1v) is 11.0. The lowest BCUT2D eigenvalue weighted by Gasteiger charge is -2.13. The molecule has 0 unspecified atom stereocenters. The van der Waals surface area contributed by atoms with Gasteiger partial charge >= 0.3 is 0 Å². The molecule has 0 heterocycles. The predicted molar refractivity (Wildman–Crippen MR) is 118 cm³/mol. The normalized spacial score (nSPS) is 11.2. The van der Waals surface area contributed by atoms with E-state index in [4.69, 9.17) is 16.3 Å². The summed E-state index contributed by atoms with van der Waals surface area (Å²) in [6.07, 6.45) is 0.638. The average Bonchev–Trinajstić information content (AvgIpc) is 2.75. The monoisotopic (exact) mass is 444 g/mol. The van der Waals surface area contributed by atoms with E-state index in [2.05, 4.69) is 10.0 Å². The lowest BCUT2D eigenvalue weighted by molar-refractivity contribution is 0.102. The molecule has 3 aromatic carbocycles. The minimum atomic E-state index is -3.79. The molecule has 30 heavy (non-hydrogen) atoms. The summed E-state index contributed by atoms with van der Waals surface area (Å²) in [5, 5.41) is 2.84. The van der Waals surface area contributed by atoms with Crippen LogP contribution in [0.15, 0.2) is 71.6 Å². The van der Waals surface area contributed by atoms with Crippen molar-refractivity contribution in [3.05, 3.63) is 88.4 Å². The van der Waals surface area contributed by atoms with Gasteiger partial charge in [0, 0.05) is 23.2 Å². The zero-order valence-electron chi connectivity index (χ0n) is 16.5. The molecule has 0 aromatic heterocycles. The Labute approximate surface area is 180 Å². The van der Waals surface area contributed by atoms with Crippen molar-refractivity contribution in [1.29, 1.82) is 0 Å². The molecular formula is C22H21ClN2O4S. The summed E-state index contributed by atoms with van der Waals surface area (Å²) in [5.74, 6) is 0.265. The van der Waals surface area contributed by atoms with Gasteiger partial charge in [-0.05, 0) is 49.0 Å². The maximum atomic E-state index is 12.7. The Morgan fingerprint density at radius 3 is 2.43 bits per heavy atom. The highest BCUT2D eigenvalue weighted by molar-refractivity contribution is 7.89. The Balaban J connectivity index is 1.87. The maximum absolute atomic E-state index is 12.7. The largest absolute Gasteiger partial charge is 0.496 e. The standard InChI is InChI=1S/C22H21ClN2O4S/c1-24-30(27,28)21-14-16(8-10-19(21)23)22(26)25-18-9-11-20(29-2)17(13-18)12-15-6-4-3-5-7-15/h3-11,13-14,24H,12H2,1-2H3,(H,25,26). The number of hydrogen-bond acceptors (Lipinski definition) is 4. The molecule has 3 aromatic rings. The highest BCUT2D eigenvalue weighted by Crippen LogP contribution is 2.27. The van der Waals surface area contributed by atoms with Gasteiger partial charge in [0.15, 0.2) is 0 Å². The molecule has 0 fully saturated rings. The summed E-state index contributed by atoms with van der Waals surface area (Å²) in [6, 6.07) is 19.4. The van der Waals surface area contributed by atoms with E-state index in [1.165, 1.54) is 25.2 Å². The van der Waals surface area contributed by atoms with Crippen LogP contribution in [0.25, 0.3) is 0 Å². The van der Waals surface area contributed by atoms with Crippen LogP contribution < -0.4 is 14.8 Å². The van der Waals surface area contributed by atoms with Gasteiger partial charge in [0.2, 0.25) is 10.0 Å². The second kappa shape index (κ2) is 9.30. The van der Waals surface area contributed by atoms with E-state index in [0.717, 1.165) is 11.1 Å². The number of nitrogens with one attached hydrogen (secondary N) is 2. The average molecular weight is 445 g/mol. The minimum absolute atomic E-state index is 0.0375. The molecule has 0 atom stereocenters. The van der Waals surface area contributed by atoms with Crippen LogP contribution in [0.5, 0.6) is 5.75 Å². The first-order chi connectivity index (χ1) is 14.3. The van der Waals surface area contributed by atoms with E-state index in [1.807, 2.05) is 36.4 Å². The van der Waals surface area contributed by atoms with E-state index in [1.54, 1.807) is 19.2 Å². The first kappa shape index (κ1) is 21.8. The lowest BCUT2D eigenvalue weighted by Crippen LogP contribution is -2.20. The van der Waals surface area contributed by atoms with Crippen molar-refractivity contribution in [2.45, 2.75) is 11.3 Å². The summed E-state index contributed by atoms with van der Waals surface area (Å²) in [6.45, 7) is 0. The highest BCUT2D eigenvalue weighted by Gasteiger charge is 2.19. The van der Waals surface area contributed by atoms with Crippen molar-refractivity contribution in [2.75, 3.05) is 19.5 Å². The van der Waals surface area contributed by atoms with Gasteiger partial charge in [-0.25, -0.2) is 13.1 Å². The van der Waals surface area contributed by atoms with Gasteiger partial charge < -0.3 is 10.1 Å². The fourth-order valence-electron chi connectivity index (χ4n) is 2.97. The van der Waals surface area contributed by atoms with Crippen LogP contribution in [0, 0.1) is 0 Å². The number of ether oxygens (including phenoxy) is 1. The third kappa shape index (κ3) is 4.99. The zero-order valence-corrected chi connectivity index (χ0v) is 18.0. The molecule has 0 radical (unpaired) electrons. The van der Waals surface area contributed by atoms with E-state index < -0.39 is 15.9 Å². The third-order valence-corrected chi connectivity index (χ3v) is 6.42. The fraction of sp³-hybridized carbons (Fsp3) is 0.136. The Kier molecular flexibility index (Phi) is 6.77. The molecule has 1 amide bonds. The van der Waals surface area contributed by atoms with Crippen LogP contribution in [0.1, 0.15) is 21.5 Å². The summed E-state index contributed by atoms with van der Waals surface area (Å²) in [4.78, 5) is 12.6. The van der Waals surface area contributed by atoms with Gasteiger partial charge in [-0.15, -0.1) is 0 Å². The summed E-state index contributed by atoms with van der Waals surface area (Å²) in [5.41, 5.74) is 2.77. The summed E-state index contributed by atoms with van der Waals surface area (Å²) < 4.78 is 31.8. The SMILES string of the molecule is CNS(=O)(=O)c1cc(C(=O)Nc2ccc(OC)c(Cc3ccccc3)c2)ccc1Cl. The number of hydrogen-bond donors (Lipinski definition) is 2. The number of carbonyl (C=O) groups is 1. The quantitative estimate of drug-likeness (QED) is 0.574. The van der Waals surface area contributed by atoms with Crippen LogP contribution in [-0.4, -0.2) is 28.5 Å². The van der Waals surface area contributed by atoms with E-state index >= 15 is 0 Å². The Morgan fingerprint density at radius 1 is 1.03 bits per heavy atom. The van der Waals surface area contributed by atoms with Crippen LogP contribution in [0.2, 0.25) is 5.02 Å². The van der Waals surface area contributed by atoms with Crippen molar-refractivity contribution in [2.24, 2.45) is 0 Å². The second-order valence-corrected chi connectivity index (χ2v) is 8.76.